The van der Waals surface area contributed by atoms with Crippen LogP contribution in [0.2, 0.25) is 0 Å². The lowest BCUT2D eigenvalue weighted by Gasteiger charge is -2.22. The Morgan fingerprint density at radius 3 is 2.20 bits per heavy atom. The number of pyridine rings is 2. The summed E-state index contributed by atoms with van der Waals surface area (Å²) in [7, 11) is 1.61. The van der Waals surface area contributed by atoms with E-state index in [2.05, 4.69) is 55.4 Å². The average Bonchev–Trinajstić information content (AvgIpc) is 3.03. The van der Waals surface area contributed by atoms with E-state index < -0.39 is 6.03 Å². The molecule has 0 unspecified atom stereocenters. The lowest BCUT2D eigenvalue weighted by atomic mass is 9.93. The molecule has 226 valence electrons. The number of aryl methyl sites for hydroxylation is 2. The van der Waals surface area contributed by atoms with Crippen molar-refractivity contribution in [1.29, 1.82) is 0 Å². The van der Waals surface area contributed by atoms with E-state index in [0.29, 0.717) is 23.5 Å². The minimum atomic E-state index is -0.472. The predicted octanol–water partition coefficient (Wildman–Crippen LogP) is 8.60. The molecule has 0 saturated carbocycles. The second-order valence-corrected chi connectivity index (χ2v) is 11.6. The van der Waals surface area contributed by atoms with E-state index in [0.717, 1.165) is 40.6 Å². The van der Waals surface area contributed by atoms with E-state index in [4.69, 9.17) is 4.74 Å². The van der Waals surface area contributed by atoms with E-state index >= 15 is 0 Å². The van der Waals surface area contributed by atoms with Crippen molar-refractivity contribution in [1.82, 2.24) is 9.55 Å². The van der Waals surface area contributed by atoms with Crippen LogP contribution in [0.5, 0.6) is 5.75 Å². The van der Waals surface area contributed by atoms with Crippen molar-refractivity contribution in [2.45, 2.75) is 58.9 Å². The number of rotatable bonds is 10. The van der Waals surface area contributed by atoms with Crippen molar-refractivity contribution in [3.8, 4) is 16.9 Å². The van der Waals surface area contributed by atoms with Crippen LogP contribution >= 0.6 is 0 Å². The van der Waals surface area contributed by atoms with Gasteiger partial charge in [-0.05, 0) is 71.2 Å². The van der Waals surface area contributed by atoms with Gasteiger partial charge >= 0.3 is 6.03 Å². The number of hydrogen-bond acceptors (Lipinski definition) is 4. The number of benzene rings is 3. The molecule has 0 radical (unpaired) electrons. The number of anilines is 2. The topological polar surface area (TPSA) is 85.3 Å². The summed E-state index contributed by atoms with van der Waals surface area (Å²) >= 11 is 0. The molecule has 2 N–H and O–H groups in total. The van der Waals surface area contributed by atoms with Crippen molar-refractivity contribution < 1.29 is 9.53 Å². The molecule has 2 heterocycles. The van der Waals surface area contributed by atoms with Crippen LogP contribution < -0.4 is 20.9 Å². The number of ether oxygens (including phenoxy) is 1. The number of fused-ring (bicyclic) bond motifs is 1. The number of aromatic nitrogens is 2. The third-order valence-corrected chi connectivity index (χ3v) is 7.92. The van der Waals surface area contributed by atoms with Gasteiger partial charge in [0.05, 0.1) is 7.11 Å². The highest BCUT2D eigenvalue weighted by atomic mass is 16.5. The molecule has 0 saturated heterocycles. The van der Waals surface area contributed by atoms with E-state index in [1.54, 1.807) is 17.9 Å². The number of nitrogens with one attached hydrogen (secondary N) is 2. The van der Waals surface area contributed by atoms with E-state index in [1.807, 2.05) is 72.8 Å². The molecule has 3 aromatic carbocycles. The molecule has 0 fully saturated rings. The maximum absolute atomic E-state index is 14.4. The fourth-order valence-corrected chi connectivity index (χ4v) is 5.72. The van der Waals surface area contributed by atoms with Gasteiger partial charge in [0.15, 0.2) is 0 Å². The summed E-state index contributed by atoms with van der Waals surface area (Å²) in [6.45, 7) is 8.87. The normalized spacial score (nSPS) is 11.2. The van der Waals surface area contributed by atoms with Crippen molar-refractivity contribution in [2.75, 3.05) is 17.7 Å². The molecular formula is C37H40N4O3. The summed E-state index contributed by atoms with van der Waals surface area (Å²) in [5.41, 5.74) is 5.88. The number of para-hydroxylation sites is 1. The Hall–Kier alpha value is -4.91. The number of nitrogens with zero attached hydrogens (tertiary/aromatic N) is 2. The largest absolute Gasteiger partial charge is 0.497 e. The first-order valence-corrected chi connectivity index (χ1v) is 15.2. The zero-order valence-electron chi connectivity index (χ0n) is 26.1. The van der Waals surface area contributed by atoms with Crippen LogP contribution in [0.15, 0.2) is 95.9 Å². The van der Waals surface area contributed by atoms with Gasteiger partial charge in [-0.2, -0.15) is 0 Å². The highest BCUT2D eigenvalue weighted by Gasteiger charge is 2.23. The Kier molecular flexibility index (Phi) is 9.44. The van der Waals surface area contributed by atoms with E-state index in [-0.39, 0.29) is 23.1 Å². The Labute approximate surface area is 258 Å². The minimum absolute atomic E-state index is 0.198. The lowest BCUT2D eigenvalue weighted by molar-refractivity contribution is 0.262. The van der Waals surface area contributed by atoms with Crippen LogP contribution in [-0.2, 0) is 13.0 Å². The summed E-state index contributed by atoms with van der Waals surface area (Å²) in [4.78, 5) is 32.8. The Balaban J connectivity index is 1.62. The Bertz CT molecular complexity index is 1800. The summed E-state index contributed by atoms with van der Waals surface area (Å²) in [5.74, 6) is 1.05. The van der Waals surface area contributed by atoms with Gasteiger partial charge in [0, 0.05) is 29.4 Å². The maximum Gasteiger partial charge on any atom is 0.323 e. The molecule has 2 aromatic heterocycles. The van der Waals surface area contributed by atoms with Crippen LogP contribution in [-0.4, -0.2) is 22.7 Å². The molecule has 5 rings (SSSR count). The second-order valence-electron chi connectivity index (χ2n) is 11.6. The van der Waals surface area contributed by atoms with Gasteiger partial charge in [0.1, 0.15) is 17.1 Å². The molecule has 0 aliphatic heterocycles. The molecule has 7 heteroatoms. The van der Waals surface area contributed by atoms with Crippen molar-refractivity contribution in [3.05, 3.63) is 118 Å². The van der Waals surface area contributed by atoms with Gasteiger partial charge in [-0.1, -0.05) is 88.4 Å². The maximum atomic E-state index is 14.4. The summed E-state index contributed by atoms with van der Waals surface area (Å²) in [5, 5.41) is 6.86. The molecule has 7 nitrogen and oxygen atoms in total. The molecular weight excluding hydrogens is 548 g/mol. The van der Waals surface area contributed by atoms with Gasteiger partial charge < -0.3 is 15.4 Å². The third-order valence-electron chi connectivity index (χ3n) is 7.92. The van der Waals surface area contributed by atoms with E-state index in [1.165, 1.54) is 5.56 Å². The van der Waals surface area contributed by atoms with Crippen molar-refractivity contribution in [2.24, 2.45) is 0 Å². The van der Waals surface area contributed by atoms with Crippen molar-refractivity contribution in [3.63, 3.8) is 0 Å². The molecule has 2 amide bonds. The summed E-state index contributed by atoms with van der Waals surface area (Å²) in [6.07, 6.45) is 3.24. The van der Waals surface area contributed by atoms with Gasteiger partial charge in [0.2, 0.25) is 0 Å². The third kappa shape index (κ3) is 6.52. The molecule has 0 bridgehead atoms. The minimum Gasteiger partial charge on any atom is -0.497 e. The first-order valence-electron chi connectivity index (χ1n) is 15.2. The Morgan fingerprint density at radius 1 is 0.841 bits per heavy atom. The van der Waals surface area contributed by atoms with Crippen LogP contribution in [0.3, 0.4) is 0 Å². The standard InChI is InChI=1S/C37H40N4O3/c1-24(2)29-18-10-19-30(25(3)4)33(29)39-37(43)40-34-32(27-16-9-17-28(23-27)44-5)31-20-11-21-38-35(31)41(36(34)42)22-12-15-26-13-7-6-8-14-26/h6-11,13-14,16-21,23-25H,12,15,22H2,1-5H3,(H2,39,40,43). The van der Waals surface area contributed by atoms with Crippen LogP contribution in [0.4, 0.5) is 16.2 Å². The first kappa shape index (κ1) is 30.5. The number of amides is 2. The highest BCUT2D eigenvalue weighted by molar-refractivity contribution is 6.07. The summed E-state index contributed by atoms with van der Waals surface area (Å²) in [6, 6.07) is 27.1. The smallest absolute Gasteiger partial charge is 0.323 e. The average molecular weight is 589 g/mol. The fourth-order valence-electron chi connectivity index (χ4n) is 5.72. The zero-order chi connectivity index (χ0) is 31.2. The van der Waals surface area contributed by atoms with Gasteiger partial charge in [-0.3, -0.25) is 9.36 Å². The molecule has 0 aliphatic rings. The number of methoxy groups -OCH3 is 1. The number of carbonyl (C=O) groups excluding carboxylic acids is 1. The summed E-state index contributed by atoms with van der Waals surface area (Å²) < 4.78 is 7.19. The molecule has 44 heavy (non-hydrogen) atoms. The molecule has 0 atom stereocenters. The highest BCUT2D eigenvalue weighted by Crippen LogP contribution is 2.36. The molecule has 0 spiro atoms. The van der Waals surface area contributed by atoms with Crippen LogP contribution in [0.25, 0.3) is 22.2 Å². The molecule has 5 aromatic rings. The van der Waals surface area contributed by atoms with Crippen LogP contribution in [0.1, 0.15) is 62.6 Å². The first-order chi connectivity index (χ1) is 21.3. The van der Waals surface area contributed by atoms with Crippen LogP contribution in [0, 0.1) is 0 Å². The van der Waals surface area contributed by atoms with E-state index in [9.17, 15) is 9.59 Å². The Morgan fingerprint density at radius 2 is 1.52 bits per heavy atom. The lowest BCUT2D eigenvalue weighted by Crippen LogP contribution is -2.30. The van der Waals surface area contributed by atoms with Gasteiger partial charge in [-0.25, -0.2) is 9.78 Å². The zero-order valence-corrected chi connectivity index (χ0v) is 26.1. The molecule has 0 aliphatic carbocycles. The second kappa shape index (κ2) is 13.6. The van der Waals surface area contributed by atoms with Crippen molar-refractivity contribution >= 4 is 28.4 Å². The number of carbonyl (C=O) groups is 1. The fraction of sp³-hybridized carbons (Fsp3) is 0.270. The monoisotopic (exact) mass is 588 g/mol. The number of urea groups is 1. The predicted molar refractivity (Wildman–Crippen MR) is 180 cm³/mol. The van der Waals surface area contributed by atoms with Gasteiger partial charge in [-0.15, -0.1) is 0 Å². The quantitative estimate of drug-likeness (QED) is 0.171. The van der Waals surface area contributed by atoms with Gasteiger partial charge in [0.25, 0.3) is 5.56 Å². The number of hydrogen-bond donors (Lipinski definition) is 2. The SMILES string of the molecule is COc1cccc(-c2c(NC(=O)Nc3c(C(C)C)cccc3C(C)C)c(=O)n(CCCc3ccccc3)c3ncccc23)c1.